The van der Waals surface area contributed by atoms with Crippen molar-refractivity contribution in [3.05, 3.63) is 59.2 Å². The molecule has 1 amide bonds. The van der Waals surface area contributed by atoms with Crippen LogP contribution in [0.5, 0.6) is 5.75 Å². The third kappa shape index (κ3) is 4.17. The first-order valence-corrected chi connectivity index (χ1v) is 8.60. The lowest BCUT2D eigenvalue weighted by molar-refractivity contribution is -0.133. The summed E-state index contributed by atoms with van der Waals surface area (Å²) >= 11 is 0. The molecule has 27 heavy (non-hydrogen) atoms. The van der Waals surface area contributed by atoms with E-state index in [0.717, 1.165) is 0 Å². The Morgan fingerprint density at radius 3 is 2.52 bits per heavy atom. The molecule has 0 aliphatic carbocycles. The number of aryl methyl sites for hydroxylation is 1. The highest BCUT2D eigenvalue weighted by Crippen LogP contribution is 2.24. The molecule has 1 aliphatic heterocycles. The van der Waals surface area contributed by atoms with Crippen molar-refractivity contribution < 1.29 is 18.3 Å². The Balaban J connectivity index is 1.57. The van der Waals surface area contributed by atoms with Gasteiger partial charge in [0.25, 0.3) is 5.91 Å². The number of anilines is 1. The molecule has 0 radical (unpaired) electrons. The maximum absolute atomic E-state index is 14.3. The molecule has 7 heteroatoms. The summed E-state index contributed by atoms with van der Waals surface area (Å²) in [7, 11) is 0. The second-order valence-electron chi connectivity index (χ2n) is 6.32. The Kier molecular flexibility index (Phi) is 5.55. The second-order valence-corrected chi connectivity index (χ2v) is 6.32. The highest BCUT2D eigenvalue weighted by molar-refractivity contribution is 5.78. The van der Waals surface area contributed by atoms with Crippen molar-refractivity contribution in [3.63, 3.8) is 0 Å². The van der Waals surface area contributed by atoms with Gasteiger partial charge in [0, 0.05) is 26.2 Å². The zero-order valence-corrected chi connectivity index (χ0v) is 14.9. The number of piperazine rings is 1. The van der Waals surface area contributed by atoms with Crippen molar-refractivity contribution >= 4 is 11.6 Å². The number of carbonyl (C=O) groups excluding carboxylic acids is 1. The van der Waals surface area contributed by atoms with Crippen LogP contribution in [-0.4, -0.2) is 43.6 Å². The van der Waals surface area contributed by atoms with E-state index in [-0.39, 0.29) is 18.3 Å². The molecule has 2 aromatic carbocycles. The van der Waals surface area contributed by atoms with Gasteiger partial charge in [-0.3, -0.25) is 4.79 Å². The number of amides is 1. The number of hydrogen-bond donors (Lipinski definition) is 0. The maximum atomic E-state index is 14.3. The van der Waals surface area contributed by atoms with Gasteiger partial charge in [0.2, 0.25) is 0 Å². The largest absolute Gasteiger partial charge is 0.481 e. The predicted octanol–water partition coefficient (Wildman–Crippen LogP) is 2.87. The first-order chi connectivity index (χ1) is 13.0. The molecule has 0 bridgehead atoms. The normalized spacial score (nSPS) is 14.0. The van der Waals surface area contributed by atoms with E-state index < -0.39 is 11.6 Å². The van der Waals surface area contributed by atoms with Gasteiger partial charge in [-0.15, -0.1) is 0 Å². The van der Waals surface area contributed by atoms with E-state index in [1.165, 1.54) is 18.2 Å². The quantitative estimate of drug-likeness (QED) is 0.829. The summed E-state index contributed by atoms with van der Waals surface area (Å²) in [5, 5.41) is 8.98. The molecule has 1 saturated heterocycles. The van der Waals surface area contributed by atoms with Crippen molar-refractivity contribution in [1.82, 2.24) is 4.90 Å². The van der Waals surface area contributed by atoms with Crippen LogP contribution in [0.2, 0.25) is 0 Å². The first-order valence-electron chi connectivity index (χ1n) is 8.60. The second kappa shape index (κ2) is 8.04. The Bertz CT molecular complexity index is 887. The third-order valence-corrected chi connectivity index (χ3v) is 4.58. The monoisotopic (exact) mass is 371 g/mol. The van der Waals surface area contributed by atoms with Crippen LogP contribution in [0, 0.1) is 29.9 Å². The molecule has 0 unspecified atom stereocenters. The number of halogens is 2. The van der Waals surface area contributed by atoms with Crippen molar-refractivity contribution in [2.75, 3.05) is 37.7 Å². The van der Waals surface area contributed by atoms with Gasteiger partial charge in [-0.25, -0.2) is 8.78 Å². The molecule has 1 heterocycles. The zero-order valence-electron chi connectivity index (χ0n) is 14.9. The fourth-order valence-corrected chi connectivity index (χ4v) is 3.02. The van der Waals surface area contributed by atoms with Crippen LogP contribution in [0.15, 0.2) is 36.4 Å². The first kappa shape index (κ1) is 18.6. The van der Waals surface area contributed by atoms with Gasteiger partial charge in [0.05, 0.1) is 17.3 Å². The molecular weight excluding hydrogens is 352 g/mol. The van der Waals surface area contributed by atoms with Crippen LogP contribution in [0.25, 0.3) is 0 Å². The average molecular weight is 371 g/mol. The molecule has 1 aliphatic rings. The number of benzene rings is 2. The van der Waals surface area contributed by atoms with Crippen LogP contribution in [-0.2, 0) is 4.79 Å². The Morgan fingerprint density at radius 1 is 1.15 bits per heavy atom. The van der Waals surface area contributed by atoms with Crippen LogP contribution >= 0.6 is 0 Å². The molecule has 0 atom stereocenters. The maximum Gasteiger partial charge on any atom is 0.260 e. The lowest BCUT2D eigenvalue weighted by Gasteiger charge is -2.36. The number of nitriles is 1. The molecular formula is C20H19F2N3O2. The van der Waals surface area contributed by atoms with Gasteiger partial charge in [0.15, 0.2) is 18.2 Å². The van der Waals surface area contributed by atoms with Gasteiger partial charge in [-0.2, -0.15) is 5.26 Å². The number of hydrogen-bond acceptors (Lipinski definition) is 4. The Hall–Kier alpha value is -3.14. The fourth-order valence-electron chi connectivity index (χ4n) is 3.02. The van der Waals surface area contributed by atoms with Crippen LogP contribution in [0.3, 0.4) is 0 Å². The number of nitrogens with zero attached hydrogens (tertiary/aromatic N) is 3. The number of rotatable bonds is 4. The van der Waals surface area contributed by atoms with Crippen molar-refractivity contribution in [3.8, 4) is 11.8 Å². The van der Waals surface area contributed by atoms with E-state index >= 15 is 0 Å². The standard InChI is InChI=1S/C20H19F2N3O2/c1-14-10-18(17(22)11-15(14)12-23)24-6-8-25(9-7-24)20(26)13-27-19-5-3-2-4-16(19)21/h2-5,10-11H,6-9,13H2,1H3. The fraction of sp³-hybridized carbons (Fsp3) is 0.300. The van der Waals surface area contributed by atoms with Gasteiger partial charge in [0.1, 0.15) is 5.82 Å². The molecule has 1 fully saturated rings. The van der Waals surface area contributed by atoms with E-state index in [0.29, 0.717) is 43.0 Å². The minimum atomic E-state index is -0.512. The highest BCUT2D eigenvalue weighted by atomic mass is 19.1. The summed E-state index contributed by atoms with van der Waals surface area (Å²) in [5.41, 5.74) is 1.46. The average Bonchev–Trinajstić information content (AvgIpc) is 2.68. The highest BCUT2D eigenvalue weighted by Gasteiger charge is 2.24. The van der Waals surface area contributed by atoms with Gasteiger partial charge < -0.3 is 14.5 Å². The summed E-state index contributed by atoms with van der Waals surface area (Å²) in [6.45, 7) is 3.28. The van der Waals surface area contributed by atoms with Crippen molar-refractivity contribution in [1.29, 1.82) is 5.26 Å². The van der Waals surface area contributed by atoms with Crippen molar-refractivity contribution in [2.24, 2.45) is 0 Å². The van der Waals surface area contributed by atoms with Crippen LogP contribution < -0.4 is 9.64 Å². The minimum Gasteiger partial charge on any atom is -0.481 e. The summed E-state index contributed by atoms with van der Waals surface area (Å²) in [6, 6.07) is 10.8. The van der Waals surface area contributed by atoms with E-state index in [1.807, 2.05) is 11.0 Å². The predicted molar refractivity (Wildman–Crippen MR) is 96.5 cm³/mol. The van der Waals surface area contributed by atoms with E-state index in [4.69, 9.17) is 10.00 Å². The number of ether oxygens (including phenoxy) is 1. The topological polar surface area (TPSA) is 56.6 Å². The lowest BCUT2D eigenvalue weighted by atomic mass is 10.1. The van der Waals surface area contributed by atoms with E-state index in [1.54, 1.807) is 30.0 Å². The Morgan fingerprint density at radius 2 is 1.85 bits per heavy atom. The van der Waals surface area contributed by atoms with Crippen molar-refractivity contribution in [2.45, 2.75) is 6.92 Å². The molecule has 0 spiro atoms. The number of carbonyl (C=O) groups is 1. The summed E-state index contributed by atoms with van der Waals surface area (Å²) < 4.78 is 33.1. The summed E-state index contributed by atoms with van der Waals surface area (Å²) in [5.74, 6) is -1.16. The minimum absolute atomic E-state index is 0.0413. The molecule has 0 saturated carbocycles. The molecule has 140 valence electrons. The van der Waals surface area contributed by atoms with Gasteiger partial charge in [-0.1, -0.05) is 12.1 Å². The van der Waals surface area contributed by atoms with Gasteiger partial charge in [-0.05, 0) is 36.8 Å². The summed E-state index contributed by atoms with van der Waals surface area (Å²) in [6.07, 6.45) is 0. The zero-order chi connectivity index (χ0) is 19.4. The molecule has 2 aromatic rings. The number of para-hydroxylation sites is 1. The lowest BCUT2D eigenvalue weighted by Crippen LogP contribution is -2.50. The van der Waals surface area contributed by atoms with E-state index in [9.17, 15) is 13.6 Å². The van der Waals surface area contributed by atoms with Crippen LogP contribution in [0.1, 0.15) is 11.1 Å². The molecule has 0 aromatic heterocycles. The summed E-state index contributed by atoms with van der Waals surface area (Å²) in [4.78, 5) is 15.7. The van der Waals surface area contributed by atoms with Gasteiger partial charge >= 0.3 is 0 Å². The SMILES string of the molecule is Cc1cc(N2CCN(C(=O)COc3ccccc3F)CC2)c(F)cc1C#N. The third-order valence-electron chi connectivity index (χ3n) is 4.58. The van der Waals surface area contributed by atoms with Crippen LogP contribution in [0.4, 0.5) is 14.5 Å². The smallest absolute Gasteiger partial charge is 0.260 e. The Labute approximate surface area is 156 Å². The molecule has 5 nitrogen and oxygen atoms in total. The molecule has 0 N–H and O–H groups in total. The van der Waals surface area contributed by atoms with E-state index in [2.05, 4.69) is 0 Å². The molecule has 3 rings (SSSR count).